The Labute approximate surface area is 188 Å². The minimum atomic E-state index is -0.367. The van der Waals surface area contributed by atoms with Gasteiger partial charge < -0.3 is 10.1 Å². The molecule has 1 N–H and O–H groups in total. The van der Waals surface area contributed by atoms with Crippen LogP contribution in [0.5, 0.6) is 5.75 Å². The van der Waals surface area contributed by atoms with Crippen molar-refractivity contribution >= 4 is 28.8 Å². The van der Waals surface area contributed by atoms with Gasteiger partial charge in [-0.2, -0.15) is 0 Å². The minimum Gasteiger partial charge on any atom is -0.497 e. The van der Waals surface area contributed by atoms with E-state index in [1.807, 2.05) is 56.3 Å². The standard InChI is InChI=1S/C27H26N2O3/c1-5-19-8-12-21(13-9-19)28-25-24(20-10-14-22(32-4)15-11-20)26(30)29(27(25)31)23-16-17(2)6-7-18(23)3/h6-16,28H,5H2,1-4H3. The highest BCUT2D eigenvalue weighted by atomic mass is 16.5. The highest BCUT2D eigenvalue weighted by Crippen LogP contribution is 2.36. The van der Waals surface area contributed by atoms with E-state index >= 15 is 0 Å². The quantitative estimate of drug-likeness (QED) is 0.546. The average Bonchev–Trinajstić information content (AvgIpc) is 3.05. The molecule has 0 saturated carbocycles. The first-order chi connectivity index (χ1) is 15.4. The molecular weight excluding hydrogens is 400 g/mol. The molecule has 0 aliphatic carbocycles. The molecule has 0 fully saturated rings. The fourth-order valence-electron chi connectivity index (χ4n) is 3.82. The van der Waals surface area contributed by atoms with Crippen molar-refractivity contribution in [1.29, 1.82) is 0 Å². The Morgan fingerprint density at radius 1 is 0.875 bits per heavy atom. The Hall–Kier alpha value is -3.86. The number of aryl methyl sites for hydroxylation is 3. The van der Waals surface area contributed by atoms with Crippen molar-refractivity contribution in [3.8, 4) is 5.75 Å². The molecule has 3 aromatic carbocycles. The highest BCUT2D eigenvalue weighted by molar-refractivity contribution is 6.46. The Balaban J connectivity index is 1.81. The van der Waals surface area contributed by atoms with E-state index in [0.717, 1.165) is 23.2 Å². The van der Waals surface area contributed by atoms with Crippen LogP contribution in [-0.4, -0.2) is 18.9 Å². The largest absolute Gasteiger partial charge is 0.497 e. The van der Waals surface area contributed by atoms with Gasteiger partial charge in [-0.05, 0) is 72.9 Å². The number of rotatable bonds is 6. The summed E-state index contributed by atoms with van der Waals surface area (Å²) in [4.78, 5) is 28.5. The molecule has 162 valence electrons. The van der Waals surface area contributed by atoms with Crippen molar-refractivity contribution in [3.05, 3.63) is 94.7 Å². The molecule has 32 heavy (non-hydrogen) atoms. The lowest BCUT2D eigenvalue weighted by Gasteiger charge is -2.18. The van der Waals surface area contributed by atoms with Crippen molar-refractivity contribution in [2.24, 2.45) is 0 Å². The molecule has 0 bridgehead atoms. The predicted octanol–water partition coefficient (Wildman–Crippen LogP) is 5.27. The summed E-state index contributed by atoms with van der Waals surface area (Å²) in [5.41, 5.74) is 5.67. The molecule has 1 heterocycles. The molecule has 1 aliphatic rings. The predicted molar refractivity (Wildman–Crippen MR) is 128 cm³/mol. The third-order valence-corrected chi connectivity index (χ3v) is 5.70. The van der Waals surface area contributed by atoms with Gasteiger partial charge in [0.05, 0.1) is 18.4 Å². The third-order valence-electron chi connectivity index (χ3n) is 5.70. The number of anilines is 2. The first kappa shape index (κ1) is 21.4. The maximum atomic E-state index is 13.6. The smallest absolute Gasteiger partial charge is 0.282 e. The van der Waals surface area contributed by atoms with E-state index in [1.54, 1.807) is 31.4 Å². The Morgan fingerprint density at radius 2 is 1.56 bits per heavy atom. The molecule has 5 heteroatoms. The van der Waals surface area contributed by atoms with Gasteiger partial charge in [-0.25, -0.2) is 4.90 Å². The maximum absolute atomic E-state index is 13.6. The van der Waals surface area contributed by atoms with E-state index < -0.39 is 0 Å². The lowest BCUT2D eigenvalue weighted by atomic mass is 10.0. The molecule has 3 aromatic rings. The summed E-state index contributed by atoms with van der Waals surface area (Å²) >= 11 is 0. The molecule has 4 rings (SSSR count). The van der Waals surface area contributed by atoms with Gasteiger partial charge in [-0.3, -0.25) is 9.59 Å². The molecule has 0 saturated heterocycles. The summed E-state index contributed by atoms with van der Waals surface area (Å²) in [6.45, 7) is 5.94. The van der Waals surface area contributed by atoms with Crippen LogP contribution in [-0.2, 0) is 16.0 Å². The van der Waals surface area contributed by atoms with Crippen LogP contribution in [0.1, 0.15) is 29.2 Å². The van der Waals surface area contributed by atoms with Gasteiger partial charge >= 0.3 is 0 Å². The second kappa shape index (κ2) is 8.71. The number of nitrogens with one attached hydrogen (secondary N) is 1. The Kier molecular flexibility index (Phi) is 5.82. The fraction of sp³-hybridized carbons (Fsp3) is 0.185. The van der Waals surface area contributed by atoms with Crippen LogP contribution in [0.2, 0.25) is 0 Å². The van der Waals surface area contributed by atoms with E-state index in [0.29, 0.717) is 22.6 Å². The Morgan fingerprint density at radius 3 is 2.19 bits per heavy atom. The van der Waals surface area contributed by atoms with Crippen LogP contribution in [0.4, 0.5) is 11.4 Å². The highest BCUT2D eigenvalue weighted by Gasteiger charge is 2.40. The summed E-state index contributed by atoms with van der Waals surface area (Å²) in [5, 5.41) is 3.22. The number of amides is 2. The normalized spacial score (nSPS) is 13.7. The number of hydrogen-bond donors (Lipinski definition) is 1. The molecule has 0 aromatic heterocycles. The number of hydrogen-bond acceptors (Lipinski definition) is 4. The molecule has 0 atom stereocenters. The number of nitrogens with zero attached hydrogens (tertiary/aromatic N) is 1. The van der Waals surface area contributed by atoms with Gasteiger partial charge in [0.2, 0.25) is 0 Å². The van der Waals surface area contributed by atoms with E-state index in [-0.39, 0.29) is 17.5 Å². The van der Waals surface area contributed by atoms with E-state index in [1.165, 1.54) is 10.5 Å². The van der Waals surface area contributed by atoms with Crippen LogP contribution in [0, 0.1) is 13.8 Å². The van der Waals surface area contributed by atoms with Crippen molar-refractivity contribution in [3.63, 3.8) is 0 Å². The lowest BCUT2D eigenvalue weighted by molar-refractivity contribution is -0.120. The van der Waals surface area contributed by atoms with Crippen LogP contribution in [0.15, 0.2) is 72.4 Å². The van der Waals surface area contributed by atoms with Crippen molar-refractivity contribution in [2.45, 2.75) is 27.2 Å². The first-order valence-electron chi connectivity index (χ1n) is 10.6. The van der Waals surface area contributed by atoms with Crippen molar-refractivity contribution in [2.75, 3.05) is 17.3 Å². The van der Waals surface area contributed by atoms with Crippen LogP contribution in [0.3, 0.4) is 0 Å². The zero-order chi connectivity index (χ0) is 22.8. The number of carbonyl (C=O) groups excluding carboxylic acids is 2. The van der Waals surface area contributed by atoms with Gasteiger partial charge in [0.1, 0.15) is 11.4 Å². The molecule has 0 unspecified atom stereocenters. The SMILES string of the molecule is CCc1ccc(NC2=C(c3ccc(OC)cc3)C(=O)N(c3cc(C)ccc3C)C2=O)cc1. The number of benzene rings is 3. The number of methoxy groups -OCH3 is 1. The Bertz CT molecular complexity index is 1210. The molecule has 0 radical (unpaired) electrons. The topological polar surface area (TPSA) is 58.6 Å². The maximum Gasteiger partial charge on any atom is 0.282 e. The van der Waals surface area contributed by atoms with E-state index in [4.69, 9.17) is 4.74 Å². The zero-order valence-corrected chi connectivity index (χ0v) is 18.7. The molecule has 2 amide bonds. The zero-order valence-electron chi connectivity index (χ0n) is 18.7. The summed E-state index contributed by atoms with van der Waals surface area (Å²) in [5.74, 6) is -0.0298. The number of ether oxygens (including phenoxy) is 1. The molecule has 1 aliphatic heterocycles. The average molecular weight is 427 g/mol. The second-order valence-corrected chi connectivity index (χ2v) is 7.89. The summed E-state index contributed by atoms with van der Waals surface area (Å²) in [7, 11) is 1.59. The monoisotopic (exact) mass is 426 g/mol. The van der Waals surface area contributed by atoms with Crippen LogP contribution in [0.25, 0.3) is 5.57 Å². The van der Waals surface area contributed by atoms with E-state index in [2.05, 4.69) is 12.2 Å². The van der Waals surface area contributed by atoms with Gasteiger partial charge in [0.25, 0.3) is 11.8 Å². The van der Waals surface area contributed by atoms with Gasteiger partial charge in [0, 0.05) is 5.69 Å². The van der Waals surface area contributed by atoms with E-state index in [9.17, 15) is 9.59 Å². The first-order valence-corrected chi connectivity index (χ1v) is 10.6. The molecule has 0 spiro atoms. The van der Waals surface area contributed by atoms with Gasteiger partial charge in [-0.1, -0.05) is 43.3 Å². The van der Waals surface area contributed by atoms with Gasteiger partial charge in [0.15, 0.2) is 0 Å². The summed E-state index contributed by atoms with van der Waals surface area (Å²) in [6.07, 6.45) is 0.928. The van der Waals surface area contributed by atoms with Crippen molar-refractivity contribution < 1.29 is 14.3 Å². The van der Waals surface area contributed by atoms with Crippen LogP contribution < -0.4 is 15.0 Å². The number of carbonyl (C=O) groups is 2. The lowest BCUT2D eigenvalue weighted by Crippen LogP contribution is -2.33. The van der Waals surface area contributed by atoms with Crippen LogP contribution >= 0.6 is 0 Å². The second-order valence-electron chi connectivity index (χ2n) is 7.89. The third kappa shape index (κ3) is 3.89. The van der Waals surface area contributed by atoms with Gasteiger partial charge in [-0.15, -0.1) is 0 Å². The van der Waals surface area contributed by atoms with Crippen molar-refractivity contribution in [1.82, 2.24) is 0 Å². The molecular formula is C27H26N2O3. The summed E-state index contributed by atoms with van der Waals surface area (Å²) in [6, 6.07) is 20.8. The molecule has 5 nitrogen and oxygen atoms in total. The minimum absolute atomic E-state index is 0.269. The fourth-order valence-corrected chi connectivity index (χ4v) is 3.82. The summed E-state index contributed by atoms with van der Waals surface area (Å²) < 4.78 is 5.25. The number of imide groups is 1.